The van der Waals surface area contributed by atoms with Gasteiger partial charge in [0.25, 0.3) is 5.91 Å². The van der Waals surface area contributed by atoms with Gasteiger partial charge in [-0.25, -0.2) is 0 Å². The van der Waals surface area contributed by atoms with Crippen LogP contribution in [0.4, 0.5) is 5.69 Å². The fourth-order valence-corrected chi connectivity index (χ4v) is 2.65. The van der Waals surface area contributed by atoms with Crippen LogP contribution < -0.4 is 11.1 Å². The smallest absolute Gasteiger partial charge is 0.251 e. The predicted octanol–water partition coefficient (Wildman–Crippen LogP) is 2.38. The van der Waals surface area contributed by atoms with E-state index in [2.05, 4.69) is 17.1 Å². The van der Waals surface area contributed by atoms with Crippen LogP contribution in [0, 0.1) is 5.92 Å². The molecule has 1 aliphatic heterocycles. The van der Waals surface area contributed by atoms with Crippen LogP contribution in [0.1, 0.15) is 30.1 Å². The van der Waals surface area contributed by atoms with Crippen molar-refractivity contribution in [3.8, 4) is 0 Å². The summed E-state index contributed by atoms with van der Waals surface area (Å²) >= 11 is 5.85. The van der Waals surface area contributed by atoms with Crippen molar-refractivity contribution in [1.82, 2.24) is 10.2 Å². The number of nitrogens with zero attached hydrogens (tertiary/aromatic N) is 1. The third kappa shape index (κ3) is 3.87. The first kappa shape index (κ1) is 15.1. The summed E-state index contributed by atoms with van der Waals surface area (Å²) in [6.45, 7) is 6.30. The molecule has 5 heteroatoms. The molecule has 0 bridgehead atoms. The largest absolute Gasteiger partial charge is 0.398 e. The van der Waals surface area contributed by atoms with Gasteiger partial charge in [0.05, 0.1) is 10.7 Å². The van der Waals surface area contributed by atoms with Crippen molar-refractivity contribution in [2.24, 2.45) is 5.92 Å². The number of carbonyl (C=O) groups excluding carboxylic acids is 1. The van der Waals surface area contributed by atoms with Crippen molar-refractivity contribution in [3.63, 3.8) is 0 Å². The van der Waals surface area contributed by atoms with Gasteiger partial charge in [0, 0.05) is 12.1 Å². The highest BCUT2D eigenvalue weighted by Gasteiger charge is 2.18. The molecule has 0 spiro atoms. The number of nitrogen functional groups attached to an aromatic ring is 1. The number of halogens is 1. The summed E-state index contributed by atoms with van der Waals surface area (Å²) in [7, 11) is 0. The molecule has 1 saturated heterocycles. The first-order valence-corrected chi connectivity index (χ1v) is 7.53. The quantitative estimate of drug-likeness (QED) is 0.839. The first-order valence-electron chi connectivity index (χ1n) is 7.15. The molecule has 4 nitrogen and oxygen atoms in total. The molecule has 0 aliphatic carbocycles. The molecule has 0 atom stereocenters. The van der Waals surface area contributed by atoms with E-state index < -0.39 is 0 Å². The van der Waals surface area contributed by atoms with Crippen molar-refractivity contribution in [2.45, 2.75) is 19.8 Å². The van der Waals surface area contributed by atoms with E-state index in [0.717, 1.165) is 39.0 Å². The standard InChI is InChI=1S/C15H22ClN3O/c1-2-19-7-5-11(6-8-19)10-18-15(20)12-3-4-13(16)14(17)9-12/h3-4,9,11H,2,5-8,10,17H2,1H3,(H,18,20). The number of likely N-dealkylation sites (tertiary alicyclic amines) is 1. The Morgan fingerprint density at radius 1 is 1.45 bits per heavy atom. The first-order chi connectivity index (χ1) is 9.60. The van der Waals surface area contributed by atoms with Gasteiger partial charge in [0.1, 0.15) is 0 Å². The molecular formula is C15H22ClN3O. The lowest BCUT2D eigenvalue weighted by molar-refractivity contribution is 0.0937. The summed E-state index contributed by atoms with van der Waals surface area (Å²) in [5.41, 5.74) is 6.72. The van der Waals surface area contributed by atoms with Crippen LogP contribution >= 0.6 is 11.6 Å². The summed E-state index contributed by atoms with van der Waals surface area (Å²) < 4.78 is 0. The second kappa shape index (κ2) is 6.95. The zero-order valence-corrected chi connectivity index (χ0v) is 12.6. The molecule has 0 unspecified atom stereocenters. The Bertz CT molecular complexity index is 470. The monoisotopic (exact) mass is 295 g/mol. The molecule has 1 aliphatic rings. The van der Waals surface area contributed by atoms with Gasteiger partial charge in [-0.05, 0) is 56.6 Å². The Kier molecular flexibility index (Phi) is 5.26. The molecule has 0 radical (unpaired) electrons. The lowest BCUT2D eigenvalue weighted by atomic mass is 9.97. The minimum Gasteiger partial charge on any atom is -0.398 e. The van der Waals surface area contributed by atoms with Crippen LogP contribution in [0.3, 0.4) is 0 Å². The zero-order chi connectivity index (χ0) is 14.5. The summed E-state index contributed by atoms with van der Waals surface area (Å²) in [6.07, 6.45) is 2.30. The number of carbonyl (C=O) groups is 1. The van der Waals surface area contributed by atoms with Crippen molar-refractivity contribution in [1.29, 1.82) is 0 Å². The Hall–Kier alpha value is -1.26. The SMILES string of the molecule is CCN1CCC(CNC(=O)c2ccc(Cl)c(N)c2)CC1. The van der Waals surface area contributed by atoms with E-state index in [-0.39, 0.29) is 5.91 Å². The Morgan fingerprint density at radius 3 is 2.75 bits per heavy atom. The number of amides is 1. The molecular weight excluding hydrogens is 274 g/mol. The van der Waals surface area contributed by atoms with Gasteiger partial charge in [-0.15, -0.1) is 0 Å². The highest BCUT2D eigenvalue weighted by molar-refractivity contribution is 6.33. The molecule has 1 heterocycles. The third-order valence-electron chi connectivity index (χ3n) is 3.96. The summed E-state index contributed by atoms with van der Waals surface area (Å²) in [5.74, 6) is 0.498. The predicted molar refractivity (Wildman–Crippen MR) is 83.0 cm³/mol. The van der Waals surface area contributed by atoms with Crippen molar-refractivity contribution < 1.29 is 4.79 Å². The number of piperidine rings is 1. The molecule has 1 aromatic carbocycles. The number of hydrogen-bond acceptors (Lipinski definition) is 3. The Labute approximate surface area is 125 Å². The van der Waals surface area contributed by atoms with E-state index in [9.17, 15) is 4.79 Å². The Balaban J connectivity index is 1.82. The lowest BCUT2D eigenvalue weighted by Gasteiger charge is -2.31. The van der Waals surface area contributed by atoms with E-state index >= 15 is 0 Å². The number of benzene rings is 1. The van der Waals surface area contributed by atoms with Gasteiger partial charge in [-0.2, -0.15) is 0 Å². The average molecular weight is 296 g/mol. The highest BCUT2D eigenvalue weighted by atomic mass is 35.5. The highest BCUT2D eigenvalue weighted by Crippen LogP contribution is 2.20. The second-order valence-corrected chi connectivity index (χ2v) is 5.73. The molecule has 0 saturated carbocycles. The molecule has 1 fully saturated rings. The number of rotatable bonds is 4. The van der Waals surface area contributed by atoms with E-state index in [1.807, 2.05) is 0 Å². The number of hydrogen-bond donors (Lipinski definition) is 2. The molecule has 1 aromatic rings. The van der Waals surface area contributed by atoms with Gasteiger partial charge in [0.2, 0.25) is 0 Å². The molecule has 20 heavy (non-hydrogen) atoms. The molecule has 110 valence electrons. The van der Waals surface area contributed by atoms with Gasteiger partial charge >= 0.3 is 0 Å². The summed E-state index contributed by atoms with van der Waals surface area (Å²) in [4.78, 5) is 14.5. The van der Waals surface area contributed by atoms with E-state index in [4.69, 9.17) is 17.3 Å². The molecule has 0 aromatic heterocycles. The maximum absolute atomic E-state index is 12.1. The van der Waals surface area contributed by atoms with Crippen LogP contribution in [-0.4, -0.2) is 37.0 Å². The molecule has 3 N–H and O–H groups in total. The maximum Gasteiger partial charge on any atom is 0.251 e. The topological polar surface area (TPSA) is 58.4 Å². The maximum atomic E-state index is 12.1. The minimum atomic E-state index is -0.0775. The minimum absolute atomic E-state index is 0.0775. The van der Waals surface area contributed by atoms with Crippen molar-refractivity contribution in [3.05, 3.63) is 28.8 Å². The second-order valence-electron chi connectivity index (χ2n) is 5.32. The van der Waals surface area contributed by atoms with Gasteiger partial charge in [0.15, 0.2) is 0 Å². The summed E-state index contributed by atoms with van der Waals surface area (Å²) in [6, 6.07) is 4.98. The van der Waals surface area contributed by atoms with Gasteiger partial charge in [-0.3, -0.25) is 4.79 Å². The van der Waals surface area contributed by atoms with Crippen molar-refractivity contribution in [2.75, 3.05) is 31.9 Å². The van der Waals surface area contributed by atoms with Crippen LogP contribution in [0.5, 0.6) is 0 Å². The average Bonchev–Trinajstić information content (AvgIpc) is 2.48. The van der Waals surface area contributed by atoms with Crippen LogP contribution in [-0.2, 0) is 0 Å². The summed E-state index contributed by atoms with van der Waals surface area (Å²) in [5, 5.41) is 3.47. The van der Waals surface area contributed by atoms with Gasteiger partial charge in [-0.1, -0.05) is 18.5 Å². The zero-order valence-electron chi connectivity index (χ0n) is 11.9. The fraction of sp³-hybridized carbons (Fsp3) is 0.533. The number of nitrogens with one attached hydrogen (secondary N) is 1. The fourth-order valence-electron chi connectivity index (χ4n) is 2.53. The molecule has 1 amide bonds. The lowest BCUT2D eigenvalue weighted by Crippen LogP contribution is -2.38. The van der Waals surface area contributed by atoms with E-state index in [0.29, 0.717) is 22.2 Å². The van der Waals surface area contributed by atoms with E-state index in [1.54, 1.807) is 18.2 Å². The molecule has 2 rings (SSSR count). The number of anilines is 1. The Morgan fingerprint density at radius 2 is 2.15 bits per heavy atom. The number of nitrogens with two attached hydrogens (primary N) is 1. The third-order valence-corrected chi connectivity index (χ3v) is 4.31. The van der Waals surface area contributed by atoms with Crippen LogP contribution in [0.25, 0.3) is 0 Å². The van der Waals surface area contributed by atoms with E-state index in [1.165, 1.54) is 0 Å². The van der Waals surface area contributed by atoms with Gasteiger partial charge < -0.3 is 16.0 Å². The van der Waals surface area contributed by atoms with Crippen LogP contribution in [0.15, 0.2) is 18.2 Å². The van der Waals surface area contributed by atoms with Crippen LogP contribution in [0.2, 0.25) is 5.02 Å². The van der Waals surface area contributed by atoms with Crippen molar-refractivity contribution >= 4 is 23.2 Å². The normalized spacial score (nSPS) is 17.1.